The maximum atomic E-state index is 14.1. The number of hydrogen-bond acceptors (Lipinski definition) is 6. The van der Waals surface area contributed by atoms with Gasteiger partial charge in [-0.3, -0.25) is 4.79 Å². The Kier molecular flexibility index (Phi) is 8.44. The van der Waals surface area contributed by atoms with E-state index in [9.17, 15) is 14.7 Å². The molecule has 0 radical (unpaired) electrons. The molecule has 0 bridgehead atoms. The zero-order valence-electron chi connectivity index (χ0n) is 22.0. The number of ether oxygens (including phenoxy) is 4. The van der Waals surface area contributed by atoms with Crippen molar-refractivity contribution in [3.8, 4) is 11.5 Å². The second-order valence-electron chi connectivity index (χ2n) is 9.77. The fourth-order valence-corrected chi connectivity index (χ4v) is 5.18. The van der Waals surface area contributed by atoms with Gasteiger partial charge in [-0.05, 0) is 35.6 Å². The minimum atomic E-state index is -1.08. The van der Waals surface area contributed by atoms with Crippen LogP contribution in [0.25, 0.3) is 0 Å². The van der Waals surface area contributed by atoms with Crippen LogP contribution in [0.3, 0.4) is 0 Å². The largest absolute Gasteiger partial charge is 0.493 e. The van der Waals surface area contributed by atoms with Crippen molar-refractivity contribution >= 4 is 11.9 Å². The predicted octanol–water partition coefficient (Wildman–Crippen LogP) is 4.55. The number of rotatable bonds is 9. The zero-order valence-corrected chi connectivity index (χ0v) is 22.0. The minimum Gasteiger partial charge on any atom is -0.493 e. The lowest BCUT2D eigenvalue weighted by molar-refractivity contribution is -0.162. The van der Waals surface area contributed by atoms with Crippen molar-refractivity contribution in [2.75, 3.05) is 20.3 Å². The molecule has 8 heteroatoms. The number of carbonyl (C=O) groups excluding carboxylic acids is 1. The van der Waals surface area contributed by atoms with Crippen LogP contribution in [-0.2, 0) is 38.6 Å². The van der Waals surface area contributed by atoms with Gasteiger partial charge in [0, 0.05) is 31.7 Å². The Bertz CT molecular complexity index is 1270. The van der Waals surface area contributed by atoms with Gasteiger partial charge in [0.05, 0.1) is 13.2 Å². The lowest BCUT2D eigenvalue weighted by Crippen LogP contribution is -2.51. The standard InChI is InChI=1S/C31H33NO7/c1-36-27-13-12-23-19-32(26(31(34)35)18-25(23)29(27)38-20-21-8-4-2-5-9-21)30(33)28(22-10-6-3-7-11-22)39-24-14-16-37-17-15-24/h2-13,24,26,28H,14-20H2,1H3,(H,34,35). The summed E-state index contributed by atoms with van der Waals surface area (Å²) in [5.41, 5.74) is 3.24. The van der Waals surface area contributed by atoms with Crippen LogP contribution in [0, 0.1) is 0 Å². The third-order valence-corrected chi connectivity index (χ3v) is 7.27. The molecular formula is C31H33NO7. The number of fused-ring (bicyclic) bond motifs is 1. The summed E-state index contributed by atoms with van der Waals surface area (Å²) in [6.45, 7) is 1.58. The molecule has 2 heterocycles. The molecule has 1 amide bonds. The van der Waals surface area contributed by atoms with E-state index in [1.54, 1.807) is 13.2 Å². The van der Waals surface area contributed by atoms with Gasteiger partial charge in [-0.1, -0.05) is 66.7 Å². The van der Waals surface area contributed by atoms with E-state index in [4.69, 9.17) is 18.9 Å². The number of carboxylic acid groups (broad SMARTS) is 1. The Balaban J connectivity index is 1.45. The number of aliphatic carboxylic acids is 1. The van der Waals surface area contributed by atoms with Gasteiger partial charge in [0.1, 0.15) is 12.6 Å². The molecule has 204 valence electrons. The third kappa shape index (κ3) is 6.08. The quantitative estimate of drug-likeness (QED) is 0.433. The van der Waals surface area contributed by atoms with Crippen LogP contribution in [0.1, 0.15) is 41.2 Å². The van der Waals surface area contributed by atoms with Crippen molar-refractivity contribution in [3.63, 3.8) is 0 Å². The van der Waals surface area contributed by atoms with E-state index in [1.807, 2.05) is 66.7 Å². The van der Waals surface area contributed by atoms with Crippen LogP contribution < -0.4 is 9.47 Å². The average molecular weight is 532 g/mol. The molecule has 2 atom stereocenters. The molecule has 39 heavy (non-hydrogen) atoms. The van der Waals surface area contributed by atoms with E-state index >= 15 is 0 Å². The van der Waals surface area contributed by atoms with Gasteiger partial charge < -0.3 is 29.0 Å². The number of nitrogens with zero attached hydrogens (tertiary/aromatic N) is 1. The van der Waals surface area contributed by atoms with Crippen molar-refractivity contribution in [2.45, 2.75) is 50.7 Å². The van der Waals surface area contributed by atoms with Crippen molar-refractivity contribution in [1.82, 2.24) is 4.90 Å². The van der Waals surface area contributed by atoms with Gasteiger partial charge in [0.2, 0.25) is 0 Å². The molecule has 3 aromatic rings. The summed E-state index contributed by atoms with van der Waals surface area (Å²) in [6.07, 6.45) is 0.407. The Morgan fingerprint density at radius 2 is 1.69 bits per heavy atom. The molecule has 0 aliphatic carbocycles. The SMILES string of the molecule is COc1ccc2c(c1OCc1ccccc1)CC(C(=O)O)N(C(=O)C(OC1CCOCC1)c1ccccc1)C2. The number of carbonyl (C=O) groups is 2. The lowest BCUT2D eigenvalue weighted by Gasteiger charge is -2.38. The van der Waals surface area contributed by atoms with Gasteiger partial charge >= 0.3 is 5.97 Å². The van der Waals surface area contributed by atoms with Crippen LogP contribution in [0.4, 0.5) is 0 Å². The molecule has 5 rings (SSSR count). The topological polar surface area (TPSA) is 94.5 Å². The highest BCUT2D eigenvalue weighted by Gasteiger charge is 2.40. The first kappa shape index (κ1) is 26.7. The van der Waals surface area contributed by atoms with Gasteiger partial charge in [0.25, 0.3) is 5.91 Å². The van der Waals surface area contributed by atoms with Crippen LogP contribution >= 0.6 is 0 Å². The Morgan fingerprint density at radius 1 is 1.00 bits per heavy atom. The van der Waals surface area contributed by atoms with E-state index < -0.39 is 18.1 Å². The number of methoxy groups -OCH3 is 1. The maximum Gasteiger partial charge on any atom is 0.326 e. The second kappa shape index (κ2) is 12.3. The molecular weight excluding hydrogens is 498 g/mol. The van der Waals surface area contributed by atoms with E-state index in [0.717, 1.165) is 16.7 Å². The van der Waals surface area contributed by atoms with E-state index in [1.165, 1.54) is 4.90 Å². The third-order valence-electron chi connectivity index (χ3n) is 7.27. The van der Waals surface area contributed by atoms with Crippen molar-refractivity contribution in [2.24, 2.45) is 0 Å². The number of amides is 1. The fraction of sp³-hybridized carbons (Fsp3) is 0.355. The molecule has 0 saturated carbocycles. The Morgan fingerprint density at radius 3 is 2.36 bits per heavy atom. The first-order valence-corrected chi connectivity index (χ1v) is 13.2. The highest BCUT2D eigenvalue weighted by atomic mass is 16.5. The molecule has 2 aliphatic heterocycles. The summed E-state index contributed by atoms with van der Waals surface area (Å²) in [5, 5.41) is 10.3. The average Bonchev–Trinajstić information content (AvgIpc) is 2.99. The molecule has 0 aromatic heterocycles. The van der Waals surface area contributed by atoms with E-state index in [-0.39, 0.29) is 25.0 Å². The first-order chi connectivity index (χ1) is 19.0. The summed E-state index contributed by atoms with van der Waals surface area (Å²) in [4.78, 5) is 28.0. The van der Waals surface area contributed by atoms with E-state index in [2.05, 4.69) is 0 Å². The number of hydrogen-bond donors (Lipinski definition) is 1. The van der Waals surface area contributed by atoms with Gasteiger partial charge in [0.15, 0.2) is 17.6 Å². The maximum absolute atomic E-state index is 14.1. The molecule has 1 N–H and O–H groups in total. The van der Waals surface area contributed by atoms with Gasteiger partial charge in [-0.2, -0.15) is 0 Å². The second-order valence-corrected chi connectivity index (χ2v) is 9.77. The molecule has 2 aliphatic rings. The van der Waals surface area contributed by atoms with Gasteiger partial charge in [-0.15, -0.1) is 0 Å². The first-order valence-electron chi connectivity index (χ1n) is 13.2. The predicted molar refractivity (Wildman–Crippen MR) is 144 cm³/mol. The smallest absolute Gasteiger partial charge is 0.326 e. The lowest BCUT2D eigenvalue weighted by atomic mass is 9.91. The summed E-state index contributed by atoms with van der Waals surface area (Å²) in [7, 11) is 1.56. The van der Waals surface area contributed by atoms with Crippen molar-refractivity contribution in [1.29, 1.82) is 0 Å². The normalized spacial score (nSPS) is 18.2. The zero-order chi connectivity index (χ0) is 27.2. The highest BCUT2D eigenvalue weighted by Crippen LogP contribution is 2.40. The highest BCUT2D eigenvalue weighted by molar-refractivity contribution is 5.88. The Hall–Kier alpha value is -3.88. The summed E-state index contributed by atoms with van der Waals surface area (Å²) in [5.74, 6) is -0.411. The van der Waals surface area contributed by atoms with Crippen molar-refractivity contribution in [3.05, 3.63) is 95.1 Å². The fourth-order valence-electron chi connectivity index (χ4n) is 5.18. The van der Waals surface area contributed by atoms with Crippen LogP contribution in [0.2, 0.25) is 0 Å². The monoisotopic (exact) mass is 531 g/mol. The van der Waals surface area contributed by atoms with E-state index in [0.29, 0.717) is 49.7 Å². The molecule has 1 saturated heterocycles. The van der Waals surface area contributed by atoms with Gasteiger partial charge in [-0.25, -0.2) is 4.79 Å². The molecule has 8 nitrogen and oxygen atoms in total. The minimum absolute atomic E-state index is 0.0938. The molecule has 1 fully saturated rings. The summed E-state index contributed by atoms with van der Waals surface area (Å²) < 4.78 is 23.6. The van der Waals surface area contributed by atoms with Crippen LogP contribution in [0.15, 0.2) is 72.8 Å². The van der Waals surface area contributed by atoms with Crippen LogP contribution in [0.5, 0.6) is 11.5 Å². The number of benzene rings is 3. The summed E-state index contributed by atoms with van der Waals surface area (Å²) >= 11 is 0. The number of carboxylic acids is 1. The van der Waals surface area contributed by atoms with Crippen molar-refractivity contribution < 1.29 is 33.6 Å². The van der Waals surface area contributed by atoms with Crippen LogP contribution in [-0.4, -0.2) is 54.4 Å². The Labute approximate surface area is 228 Å². The molecule has 2 unspecified atom stereocenters. The molecule has 3 aromatic carbocycles. The summed E-state index contributed by atoms with van der Waals surface area (Å²) in [6, 6.07) is 21.6. The molecule has 0 spiro atoms.